The van der Waals surface area contributed by atoms with E-state index >= 15 is 0 Å². The molecule has 0 N–H and O–H groups in total. The molecule has 1 aromatic carbocycles. The van der Waals surface area contributed by atoms with Crippen molar-refractivity contribution >= 4 is 41.9 Å². The van der Waals surface area contributed by atoms with Crippen LogP contribution >= 0.6 is 21.9 Å². The molecule has 1 unspecified atom stereocenters. The van der Waals surface area contributed by atoms with Crippen LogP contribution in [0.15, 0.2) is 29.2 Å². The van der Waals surface area contributed by atoms with E-state index in [9.17, 15) is 4.79 Å². The number of amides is 2. The van der Waals surface area contributed by atoms with Gasteiger partial charge < -0.3 is 0 Å². The molecule has 0 saturated heterocycles. The van der Waals surface area contributed by atoms with Gasteiger partial charge in [-0.2, -0.15) is 0 Å². The third kappa shape index (κ3) is 4.45. The molecule has 0 aliphatic heterocycles. The van der Waals surface area contributed by atoms with E-state index in [1.165, 1.54) is 17.5 Å². The first kappa shape index (κ1) is 14.7. The van der Waals surface area contributed by atoms with Gasteiger partial charge in [0.05, 0.1) is 0 Å². The van der Waals surface area contributed by atoms with Gasteiger partial charge in [-0.05, 0) is 0 Å². The van der Waals surface area contributed by atoms with Crippen LogP contribution in [0.1, 0.15) is 5.56 Å². The first-order chi connectivity index (χ1) is 7.91. The summed E-state index contributed by atoms with van der Waals surface area (Å²) in [7, 11) is 9.52. The minimum atomic E-state index is -1.66. The van der Waals surface area contributed by atoms with Crippen molar-refractivity contribution < 1.29 is 4.79 Å². The molecular formula is C11H16AsClN2OS. The van der Waals surface area contributed by atoms with Crippen LogP contribution in [0.25, 0.3) is 0 Å². The Hall–Kier alpha value is -0.312. The molecule has 3 nitrogen and oxygen atoms in total. The zero-order valence-corrected chi connectivity index (χ0v) is 13.8. The molecule has 6 heteroatoms. The minimum absolute atomic E-state index is 0.0481. The topological polar surface area (TPSA) is 23.6 Å². The summed E-state index contributed by atoms with van der Waals surface area (Å²) in [4.78, 5) is 13.0. The van der Waals surface area contributed by atoms with E-state index in [4.69, 9.17) is 9.95 Å². The molecule has 0 fully saturated rings. The molecule has 0 bridgehead atoms. The normalized spacial score (nSPS) is 12.1. The van der Waals surface area contributed by atoms with Crippen LogP contribution in [0.3, 0.4) is 0 Å². The number of carbonyl (C=O) groups is 1. The second-order valence-corrected chi connectivity index (χ2v) is 10.5. The third-order valence-corrected chi connectivity index (χ3v) is 6.41. The molecule has 2 amide bonds. The maximum atomic E-state index is 11.9. The summed E-state index contributed by atoms with van der Waals surface area (Å²) in [5.74, 6) is 0. The summed E-state index contributed by atoms with van der Waals surface area (Å²) in [6.07, 6.45) is 0. The Kier molecular flexibility index (Phi) is 5.70. The zero-order valence-electron chi connectivity index (χ0n) is 10.3. The SMILES string of the molecule is Cc1ccc(SN(C)C(=O)N(C)[As](C)Cl)cc1. The Morgan fingerprint density at radius 3 is 2.29 bits per heavy atom. The van der Waals surface area contributed by atoms with Gasteiger partial charge in [-0.25, -0.2) is 0 Å². The standard InChI is InChI=1S/C11H16AsClN2OS/c1-9-5-7-10(8-6-9)17-15(4)11(16)14(3)12(2)13/h5-8H,1-4H3. The monoisotopic (exact) mass is 334 g/mol. The number of hydrogen-bond acceptors (Lipinski definition) is 2. The predicted molar refractivity (Wildman–Crippen MR) is 75.4 cm³/mol. The van der Waals surface area contributed by atoms with Gasteiger partial charge in [0.1, 0.15) is 0 Å². The van der Waals surface area contributed by atoms with Crippen molar-refractivity contribution in [3.05, 3.63) is 29.8 Å². The number of urea groups is 1. The molecule has 0 radical (unpaired) electrons. The van der Waals surface area contributed by atoms with Crippen LogP contribution in [0, 0.1) is 6.92 Å². The summed E-state index contributed by atoms with van der Waals surface area (Å²) in [5, 5.41) is 0. The molecule has 94 valence electrons. The molecule has 0 aliphatic rings. The van der Waals surface area contributed by atoms with Gasteiger partial charge in [-0.1, -0.05) is 0 Å². The Bertz CT molecular complexity index is 386. The average molecular weight is 335 g/mol. The van der Waals surface area contributed by atoms with Crippen LogP contribution in [-0.2, 0) is 0 Å². The number of aryl methyl sites for hydroxylation is 1. The van der Waals surface area contributed by atoms with Gasteiger partial charge in [0.25, 0.3) is 0 Å². The van der Waals surface area contributed by atoms with E-state index in [1.54, 1.807) is 22.2 Å². The Balaban J connectivity index is 2.63. The van der Waals surface area contributed by atoms with E-state index in [0.717, 1.165) is 4.90 Å². The number of nitrogens with zero attached hydrogens (tertiary/aromatic N) is 2. The molecule has 1 atom stereocenters. The van der Waals surface area contributed by atoms with Gasteiger partial charge >= 0.3 is 116 Å². The zero-order chi connectivity index (χ0) is 13.0. The van der Waals surface area contributed by atoms with E-state index in [0.29, 0.717) is 0 Å². The molecule has 0 spiro atoms. The van der Waals surface area contributed by atoms with E-state index in [-0.39, 0.29) is 6.03 Å². The molecule has 0 aromatic heterocycles. The Labute approximate surface area is 116 Å². The van der Waals surface area contributed by atoms with Crippen molar-refractivity contribution in [3.8, 4) is 0 Å². The van der Waals surface area contributed by atoms with Gasteiger partial charge in [0.15, 0.2) is 0 Å². The molecule has 0 aliphatic carbocycles. The summed E-state index contributed by atoms with van der Waals surface area (Å²) >= 11 is -0.245. The van der Waals surface area contributed by atoms with Crippen molar-refractivity contribution in [2.24, 2.45) is 0 Å². The first-order valence-corrected chi connectivity index (χ1v) is 11.0. The third-order valence-electron chi connectivity index (χ3n) is 2.22. The predicted octanol–water partition coefficient (Wildman–Crippen LogP) is 3.34. The number of rotatable bonds is 3. The van der Waals surface area contributed by atoms with Crippen LogP contribution in [0.4, 0.5) is 4.79 Å². The average Bonchev–Trinajstić information content (AvgIpc) is 2.30. The summed E-state index contributed by atoms with van der Waals surface area (Å²) < 4.78 is 3.24. The van der Waals surface area contributed by atoms with Crippen LogP contribution in [0.5, 0.6) is 0 Å². The fraction of sp³-hybridized carbons (Fsp3) is 0.364. The van der Waals surface area contributed by atoms with Gasteiger partial charge in [0.2, 0.25) is 0 Å². The molecule has 1 aromatic rings. The van der Waals surface area contributed by atoms with Crippen molar-refractivity contribution in [1.29, 1.82) is 0 Å². The fourth-order valence-electron chi connectivity index (χ4n) is 1.12. The fourth-order valence-corrected chi connectivity index (χ4v) is 3.14. The molecular weight excluding hydrogens is 319 g/mol. The quantitative estimate of drug-likeness (QED) is 0.625. The molecule has 0 heterocycles. The molecule has 17 heavy (non-hydrogen) atoms. The van der Waals surface area contributed by atoms with Crippen LogP contribution in [-0.4, -0.2) is 42.2 Å². The Morgan fingerprint density at radius 1 is 1.29 bits per heavy atom. The van der Waals surface area contributed by atoms with Crippen LogP contribution in [0.2, 0.25) is 5.71 Å². The van der Waals surface area contributed by atoms with E-state index in [2.05, 4.69) is 0 Å². The molecule has 0 saturated carbocycles. The first-order valence-electron chi connectivity index (χ1n) is 5.07. The number of halogens is 1. The number of benzene rings is 1. The van der Waals surface area contributed by atoms with E-state index in [1.807, 2.05) is 36.9 Å². The van der Waals surface area contributed by atoms with E-state index < -0.39 is 13.9 Å². The number of carbonyl (C=O) groups excluding carboxylic acids is 1. The van der Waals surface area contributed by atoms with Gasteiger partial charge in [0, 0.05) is 0 Å². The summed E-state index contributed by atoms with van der Waals surface area (Å²) in [5.41, 5.74) is 3.12. The second-order valence-electron chi connectivity index (χ2n) is 3.65. The van der Waals surface area contributed by atoms with Gasteiger partial charge in [-0.15, -0.1) is 0 Å². The van der Waals surface area contributed by atoms with Crippen molar-refractivity contribution in [2.75, 3.05) is 14.1 Å². The Morgan fingerprint density at radius 2 is 1.82 bits per heavy atom. The molecule has 1 rings (SSSR count). The second kappa shape index (κ2) is 6.58. The van der Waals surface area contributed by atoms with Gasteiger partial charge in [-0.3, -0.25) is 0 Å². The summed E-state index contributed by atoms with van der Waals surface area (Å²) in [6.45, 7) is 2.04. The number of hydrogen-bond donors (Lipinski definition) is 0. The van der Waals surface area contributed by atoms with Crippen molar-refractivity contribution in [2.45, 2.75) is 17.5 Å². The van der Waals surface area contributed by atoms with Crippen molar-refractivity contribution in [1.82, 2.24) is 8.12 Å². The van der Waals surface area contributed by atoms with Crippen LogP contribution < -0.4 is 0 Å². The van der Waals surface area contributed by atoms with Crippen molar-refractivity contribution in [3.63, 3.8) is 0 Å². The summed E-state index contributed by atoms with van der Waals surface area (Å²) in [6, 6.07) is 8.03. The maximum absolute atomic E-state index is 11.9.